The summed E-state index contributed by atoms with van der Waals surface area (Å²) >= 11 is 0. The lowest BCUT2D eigenvalue weighted by atomic mass is 10.1. The zero-order valence-electron chi connectivity index (χ0n) is 15.0. The summed E-state index contributed by atoms with van der Waals surface area (Å²) in [4.78, 5) is 12.2. The van der Waals surface area contributed by atoms with Gasteiger partial charge in [-0.15, -0.1) is 0 Å². The molecule has 0 radical (unpaired) electrons. The lowest BCUT2D eigenvalue weighted by Gasteiger charge is -2.18. The second kappa shape index (κ2) is 6.52. The highest BCUT2D eigenvalue weighted by atomic mass is 16.6. The normalized spacial score (nSPS) is 28.8. The number of aliphatic hydroxyl groups excluding tert-OH is 2. The smallest absolute Gasteiger partial charge is 0.167 e. The number of fused-ring (bicyclic) bond motifs is 1. The fourth-order valence-electron chi connectivity index (χ4n) is 3.72. The van der Waals surface area contributed by atoms with Crippen molar-refractivity contribution < 1.29 is 24.1 Å². The van der Waals surface area contributed by atoms with E-state index in [4.69, 9.17) is 19.6 Å². The van der Waals surface area contributed by atoms with E-state index in [0.717, 1.165) is 18.6 Å². The summed E-state index contributed by atoms with van der Waals surface area (Å²) in [5.74, 6) is 1.16. The van der Waals surface area contributed by atoms with Crippen LogP contribution in [-0.4, -0.2) is 61.3 Å². The van der Waals surface area contributed by atoms with Crippen LogP contribution in [0.5, 0.6) is 0 Å². The van der Waals surface area contributed by atoms with Gasteiger partial charge in [-0.05, 0) is 25.0 Å². The minimum Gasteiger partial charge on any atom is -0.469 e. The topological polar surface area (TPSA) is 142 Å². The van der Waals surface area contributed by atoms with E-state index in [0.29, 0.717) is 17.8 Å². The van der Waals surface area contributed by atoms with Crippen molar-refractivity contribution in [3.8, 4) is 0 Å². The molecule has 1 aliphatic carbocycles. The van der Waals surface area contributed by atoms with Crippen molar-refractivity contribution in [2.45, 2.75) is 42.8 Å². The van der Waals surface area contributed by atoms with E-state index in [1.807, 2.05) is 12.1 Å². The number of nitrogens with two attached hydrogens (primary N) is 1. The molecular weight excluding hydrogens is 366 g/mol. The summed E-state index contributed by atoms with van der Waals surface area (Å²) in [6.07, 6.45) is 2.68. The molecule has 4 atom stereocenters. The fraction of sp³-hybridized carbons (Fsp3) is 0.500. The Kier molecular flexibility index (Phi) is 4.09. The van der Waals surface area contributed by atoms with Crippen LogP contribution in [0.4, 0.5) is 5.82 Å². The van der Waals surface area contributed by atoms with Gasteiger partial charge in [0.1, 0.15) is 35.9 Å². The van der Waals surface area contributed by atoms with E-state index in [1.165, 1.54) is 12.7 Å². The van der Waals surface area contributed by atoms with Crippen LogP contribution in [0.15, 0.2) is 35.5 Å². The predicted molar refractivity (Wildman–Crippen MR) is 96.1 cm³/mol. The zero-order valence-corrected chi connectivity index (χ0v) is 15.0. The Morgan fingerprint density at radius 3 is 2.86 bits per heavy atom. The summed E-state index contributed by atoms with van der Waals surface area (Å²) in [6, 6.07) is 3.82. The van der Waals surface area contributed by atoms with Crippen molar-refractivity contribution >= 4 is 17.0 Å². The summed E-state index contributed by atoms with van der Waals surface area (Å²) in [5.41, 5.74) is 6.57. The number of rotatable bonds is 6. The van der Waals surface area contributed by atoms with Crippen LogP contribution in [0.25, 0.3) is 11.2 Å². The minimum absolute atomic E-state index is 0.0833. The van der Waals surface area contributed by atoms with Crippen molar-refractivity contribution in [2.75, 3.05) is 18.9 Å². The Labute approximate surface area is 159 Å². The van der Waals surface area contributed by atoms with Gasteiger partial charge >= 0.3 is 0 Å². The van der Waals surface area contributed by atoms with Crippen molar-refractivity contribution in [3.63, 3.8) is 0 Å². The number of hydrogen-bond donors (Lipinski definition) is 3. The zero-order chi connectivity index (χ0) is 19.3. The Morgan fingerprint density at radius 2 is 2.11 bits per heavy atom. The molecule has 5 rings (SSSR count). The van der Waals surface area contributed by atoms with E-state index >= 15 is 0 Å². The molecule has 10 nitrogen and oxygen atoms in total. The van der Waals surface area contributed by atoms with Crippen LogP contribution in [0.2, 0.25) is 0 Å². The second-order valence-corrected chi connectivity index (χ2v) is 7.40. The third-order valence-corrected chi connectivity index (χ3v) is 5.56. The van der Waals surface area contributed by atoms with Gasteiger partial charge in [0.25, 0.3) is 0 Å². The number of nitrogen functional groups attached to an aromatic ring is 1. The molecule has 3 aromatic rings. The van der Waals surface area contributed by atoms with Gasteiger partial charge in [0.2, 0.25) is 0 Å². The molecule has 0 unspecified atom stereocenters. The number of furan rings is 1. The molecule has 2 fully saturated rings. The maximum atomic E-state index is 10.5. The first-order valence-corrected chi connectivity index (χ1v) is 9.15. The summed E-state index contributed by atoms with van der Waals surface area (Å²) in [6.45, 7) is 0.632. The van der Waals surface area contributed by atoms with Crippen LogP contribution < -0.4 is 5.73 Å². The molecule has 2 aliphatic rings. The highest BCUT2D eigenvalue weighted by Gasteiger charge is 2.48. The van der Waals surface area contributed by atoms with Gasteiger partial charge in [-0.3, -0.25) is 4.57 Å². The van der Waals surface area contributed by atoms with Crippen molar-refractivity contribution in [3.05, 3.63) is 36.8 Å². The molecular formula is C18H21N5O5. The molecule has 0 spiro atoms. The Bertz CT molecular complexity index is 970. The number of ether oxygens (including phenoxy) is 2. The van der Waals surface area contributed by atoms with Crippen molar-refractivity contribution in [1.82, 2.24) is 19.5 Å². The molecule has 1 saturated heterocycles. The molecule has 1 aliphatic heterocycles. The maximum Gasteiger partial charge on any atom is 0.167 e. The number of aromatic nitrogens is 4. The summed E-state index contributed by atoms with van der Waals surface area (Å²) in [5, 5.41) is 20.9. The quantitative estimate of drug-likeness (QED) is 0.547. The molecule has 0 amide bonds. The van der Waals surface area contributed by atoms with Gasteiger partial charge in [0.15, 0.2) is 17.7 Å². The number of hydrogen-bond acceptors (Lipinski definition) is 9. The lowest BCUT2D eigenvalue weighted by molar-refractivity contribution is -0.0683. The van der Waals surface area contributed by atoms with E-state index in [1.54, 1.807) is 10.8 Å². The molecule has 3 aromatic heterocycles. The molecule has 10 heteroatoms. The van der Waals surface area contributed by atoms with E-state index < -0.39 is 24.5 Å². The Morgan fingerprint density at radius 1 is 1.25 bits per heavy atom. The first kappa shape index (κ1) is 17.6. The largest absolute Gasteiger partial charge is 0.469 e. The summed E-state index contributed by atoms with van der Waals surface area (Å²) in [7, 11) is 0. The third-order valence-electron chi connectivity index (χ3n) is 5.56. The monoisotopic (exact) mass is 387 g/mol. The van der Waals surface area contributed by atoms with Crippen molar-refractivity contribution in [2.24, 2.45) is 0 Å². The fourth-order valence-corrected chi connectivity index (χ4v) is 3.72. The Balaban J connectivity index is 1.27. The highest BCUT2D eigenvalue weighted by Crippen LogP contribution is 2.48. The minimum atomic E-state index is -1.15. The van der Waals surface area contributed by atoms with E-state index in [-0.39, 0.29) is 17.8 Å². The van der Waals surface area contributed by atoms with Crippen molar-refractivity contribution in [1.29, 1.82) is 0 Å². The van der Waals surface area contributed by atoms with Crippen LogP contribution >= 0.6 is 0 Å². The molecule has 28 heavy (non-hydrogen) atoms. The number of aliphatic hydroxyl groups is 2. The van der Waals surface area contributed by atoms with Gasteiger partial charge in [0, 0.05) is 0 Å². The predicted octanol–water partition coefficient (Wildman–Crippen LogP) is 0.369. The standard InChI is InChI=1S/C18H21N5O5/c19-15-12-16(21-8-20-15)23(9-22-12)17-14(25)13(24)10(28-17)6-26-7-18(3-4-18)11-2-1-5-27-11/h1-2,5,8-10,13-14,17,24-25H,3-4,6-7H2,(H2,19,20,21)/t10-,13-,14-,17-/m1/s1. The lowest BCUT2D eigenvalue weighted by Crippen LogP contribution is -2.34. The molecule has 4 N–H and O–H groups in total. The number of anilines is 1. The average molecular weight is 387 g/mol. The third kappa shape index (κ3) is 2.76. The average Bonchev–Trinajstić information content (AvgIpc) is 3.04. The van der Waals surface area contributed by atoms with Gasteiger partial charge in [-0.25, -0.2) is 15.0 Å². The van der Waals surface area contributed by atoms with Gasteiger partial charge in [0.05, 0.1) is 31.2 Å². The Hall–Kier alpha value is -2.53. The van der Waals surface area contributed by atoms with Gasteiger partial charge in [-0.1, -0.05) is 0 Å². The number of imidazole rings is 1. The number of nitrogens with zero attached hydrogens (tertiary/aromatic N) is 4. The molecule has 4 heterocycles. The first-order valence-electron chi connectivity index (χ1n) is 9.15. The molecule has 0 bridgehead atoms. The summed E-state index contributed by atoms with van der Waals surface area (Å²) < 4.78 is 18.8. The second-order valence-electron chi connectivity index (χ2n) is 7.40. The SMILES string of the molecule is Nc1ncnc2c1ncn2[C@@H]1O[C@H](COCC2(c3ccco3)CC2)[C@@H](O)[C@H]1O. The van der Waals surface area contributed by atoms with E-state index in [9.17, 15) is 10.2 Å². The molecule has 148 valence electrons. The van der Waals surface area contributed by atoms with E-state index in [2.05, 4.69) is 15.0 Å². The maximum absolute atomic E-state index is 10.5. The van der Waals surface area contributed by atoms with Crippen LogP contribution in [0.1, 0.15) is 24.8 Å². The van der Waals surface area contributed by atoms with Crippen LogP contribution in [0, 0.1) is 0 Å². The van der Waals surface area contributed by atoms with Crippen LogP contribution in [0.3, 0.4) is 0 Å². The molecule has 0 aromatic carbocycles. The van der Waals surface area contributed by atoms with Crippen LogP contribution in [-0.2, 0) is 14.9 Å². The van der Waals surface area contributed by atoms with Gasteiger partial charge < -0.3 is 29.8 Å². The first-order chi connectivity index (χ1) is 13.6. The van der Waals surface area contributed by atoms with Gasteiger partial charge in [-0.2, -0.15) is 0 Å². The highest BCUT2D eigenvalue weighted by molar-refractivity contribution is 5.81. The molecule has 1 saturated carbocycles.